The van der Waals surface area contributed by atoms with Crippen molar-refractivity contribution in [1.29, 1.82) is 0 Å². The molecule has 1 rings (SSSR count). The second-order valence-corrected chi connectivity index (χ2v) is 3.46. The normalized spacial score (nSPS) is 12.1. The van der Waals surface area contributed by atoms with Gasteiger partial charge in [0, 0.05) is 6.54 Å². The van der Waals surface area contributed by atoms with Crippen LogP contribution < -0.4 is 5.32 Å². The maximum atomic E-state index is 11.7. The Hall–Kier alpha value is -1.78. The van der Waals surface area contributed by atoms with Gasteiger partial charge in [-0.25, -0.2) is 0 Å². The smallest absolute Gasteiger partial charge is 0.304 e. The third-order valence-corrected chi connectivity index (χ3v) is 2.13. The molecule has 16 heavy (non-hydrogen) atoms. The molecule has 0 aliphatic carbocycles. The lowest BCUT2D eigenvalue weighted by molar-refractivity contribution is -0.139. The highest BCUT2D eigenvalue weighted by Gasteiger charge is 2.25. The summed E-state index contributed by atoms with van der Waals surface area (Å²) < 4.78 is 5.07. The fourth-order valence-electron chi connectivity index (χ4n) is 1.36. The Morgan fingerprint density at radius 3 is 2.81 bits per heavy atom. The summed E-state index contributed by atoms with van der Waals surface area (Å²) in [5, 5.41) is 11.4. The molecule has 0 aliphatic rings. The molecule has 0 aromatic carbocycles. The van der Waals surface area contributed by atoms with Crippen LogP contribution >= 0.6 is 0 Å². The van der Waals surface area contributed by atoms with E-state index in [-0.39, 0.29) is 12.3 Å². The zero-order valence-electron chi connectivity index (χ0n) is 9.10. The first-order valence-electron chi connectivity index (χ1n) is 5.18. The average Bonchev–Trinajstić information content (AvgIpc) is 2.75. The molecular formula is C11H15NO4. The third kappa shape index (κ3) is 3.42. The van der Waals surface area contributed by atoms with E-state index in [2.05, 4.69) is 5.32 Å². The molecule has 0 radical (unpaired) electrons. The number of nitrogens with one attached hydrogen (secondary N) is 1. The van der Waals surface area contributed by atoms with Crippen LogP contribution in [-0.4, -0.2) is 23.5 Å². The van der Waals surface area contributed by atoms with Crippen molar-refractivity contribution in [1.82, 2.24) is 5.32 Å². The van der Waals surface area contributed by atoms with E-state index in [1.165, 1.54) is 6.26 Å². The number of rotatable bonds is 6. The molecule has 1 heterocycles. The Morgan fingerprint density at radius 2 is 2.31 bits per heavy atom. The summed E-state index contributed by atoms with van der Waals surface area (Å²) in [5.74, 6) is -1.69. The third-order valence-electron chi connectivity index (χ3n) is 2.13. The summed E-state index contributed by atoms with van der Waals surface area (Å²) in [7, 11) is 0. The van der Waals surface area contributed by atoms with E-state index in [4.69, 9.17) is 9.52 Å². The number of carboxylic acid groups (broad SMARTS) is 1. The van der Waals surface area contributed by atoms with Crippen molar-refractivity contribution in [3.8, 4) is 0 Å². The van der Waals surface area contributed by atoms with E-state index >= 15 is 0 Å². The molecule has 1 unspecified atom stereocenters. The maximum Gasteiger partial charge on any atom is 0.304 e. The molecule has 0 spiro atoms. The molecule has 1 atom stereocenters. The van der Waals surface area contributed by atoms with Gasteiger partial charge in [-0.15, -0.1) is 0 Å². The molecule has 1 aromatic rings. The summed E-state index contributed by atoms with van der Waals surface area (Å²) in [6, 6.07) is 3.25. The van der Waals surface area contributed by atoms with Gasteiger partial charge in [0.15, 0.2) is 0 Å². The molecule has 2 N–H and O–H groups in total. The first kappa shape index (κ1) is 12.3. The Kier molecular flexibility index (Phi) is 4.57. The number of carbonyl (C=O) groups is 2. The SMILES string of the molecule is CCCNC(=O)C(CC(=O)O)c1ccco1. The average molecular weight is 225 g/mol. The molecule has 1 aromatic heterocycles. The van der Waals surface area contributed by atoms with E-state index in [0.29, 0.717) is 12.3 Å². The Bertz CT molecular complexity index is 345. The molecule has 0 saturated heterocycles. The van der Waals surface area contributed by atoms with Crippen LogP contribution in [-0.2, 0) is 9.59 Å². The first-order valence-corrected chi connectivity index (χ1v) is 5.18. The predicted molar refractivity (Wildman–Crippen MR) is 57.0 cm³/mol. The topological polar surface area (TPSA) is 79.5 Å². The van der Waals surface area contributed by atoms with Gasteiger partial charge in [-0.2, -0.15) is 0 Å². The van der Waals surface area contributed by atoms with Crippen molar-refractivity contribution in [3.63, 3.8) is 0 Å². The molecule has 5 nitrogen and oxygen atoms in total. The van der Waals surface area contributed by atoms with Crippen LogP contribution in [0.15, 0.2) is 22.8 Å². The van der Waals surface area contributed by atoms with Gasteiger partial charge in [-0.05, 0) is 18.6 Å². The lowest BCUT2D eigenvalue weighted by Crippen LogP contribution is -2.31. The Labute approximate surface area is 93.4 Å². The first-order chi connectivity index (χ1) is 7.65. The Morgan fingerprint density at radius 1 is 1.56 bits per heavy atom. The van der Waals surface area contributed by atoms with Gasteiger partial charge in [0.25, 0.3) is 0 Å². The number of aliphatic carboxylic acids is 1. The second kappa shape index (κ2) is 5.95. The van der Waals surface area contributed by atoms with Crippen molar-refractivity contribution >= 4 is 11.9 Å². The summed E-state index contributed by atoms with van der Waals surface area (Å²) in [4.78, 5) is 22.4. The van der Waals surface area contributed by atoms with Crippen molar-refractivity contribution < 1.29 is 19.1 Å². The molecule has 0 saturated carbocycles. The van der Waals surface area contributed by atoms with Gasteiger partial charge >= 0.3 is 5.97 Å². The van der Waals surface area contributed by atoms with Gasteiger partial charge in [0.05, 0.1) is 12.7 Å². The van der Waals surface area contributed by atoms with Crippen LogP contribution in [0.2, 0.25) is 0 Å². The van der Waals surface area contributed by atoms with Crippen LogP contribution in [0, 0.1) is 0 Å². The lowest BCUT2D eigenvalue weighted by Gasteiger charge is -2.12. The van der Waals surface area contributed by atoms with Crippen LogP contribution in [0.1, 0.15) is 31.4 Å². The van der Waals surface area contributed by atoms with Crippen LogP contribution in [0.3, 0.4) is 0 Å². The molecule has 88 valence electrons. The summed E-state index contributed by atoms with van der Waals surface area (Å²) >= 11 is 0. The van der Waals surface area contributed by atoms with Crippen LogP contribution in [0.5, 0.6) is 0 Å². The standard InChI is InChI=1S/C11H15NO4/c1-2-5-12-11(15)8(7-10(13)14)9-4-3-6-16-9/h3-4,6,8H,2,5,7H2,1H3,(H,12,15)(H,13,14). The number of carboxylic acids is 1. The molecule has 5 heteroatoms. The maximum absolute atomic E-state index is 11.7. The second-order valence-electron chi connectivity index (χ2n) is 3.46. The highest BCUT2D eigenvalue weighted by molar-refractivity contribution is 5.87. The molecule has 0 aliphatic heterocycles. The minimum Gasteiger partial charge on any atom is -0.481 e. The molecule has 0 bridgehead atoms. The van der Waals surface area contributed by atoms with Crippen molar-refractivity contribution in [2.24, 2.45) is 0 Å². The van der Waals surface area contributed by atoms with E-state index < -0.39 is 11.9 Å². The number of furan rings is 1. The number of hydrogen-bond acceptors (Lipinski definition) is 3. The van der Waals surface area contributed by atoms with Gasteiger partial charge in [-0.1, -0.05) is 6.92 Å². The van der Waals surface area contributed by atoms with Crippen LogP contribution in [0.25, 0.3) is 0 Å². The number of hydrogen-bond donors (Lipinski definition) is 2. The minimum absolute atomic E-state index is 0.261. The van der Waals surface area contributed by atoms with Gasteiger partial charge in [0.1, 0.15) is 11.7 Å². The highest BCUT2D eigenvalue weighted by Crippen LogP contribution is 2.20. The zero-order valence-corrected chi connectivity index (χ0v) is 9.10. The zero-order chi connectivity index (χ0) is 12.0. The van der Waals surface area contributed by atoms with E-state index in [1.807, 2.05) is 6.92 Å². The summed E-state index contributed by atoms with van der Waals surface area (Å²) in [6.45, 7) is 2.47. The molecular weight excluding hydrogens is 210 g/mol. The van der Waals surface area contributed by atoms with Crippen molar-refractivity contribution in [3.05, 3.63) is 24.2 Å². The number of amides is 1. The van der Waals surface area contributed by atoms with Crippen LogP contribution in [0.4, 0.5) is 0 Å². The fourth-order valence-corrected chi connectivity index (χ4v) is 1.36. The number of carbonyl (C=O) groups excluding carboxylic acids is 1. The monoisotopic (exact) mass is 225 g/mol. The lowest BCUT2D eigenvalue weighted by atomic mass is 10.0. The van der Waals surface area contributed by atoms with Gasteiger partial charge in [-0.3, -0.25) is 9.59 Å². The summed E-state index contributed by atoms with van der Waals surface area (Å²) in [5.41, 5.74) is 0. The Balaban J connectivity index is 2.71. The van der Waals surface area contributed by atoms with Crippen molar-refractivity contribution in [2.75, 3.05) is 6.54 Å². The molecule has 1 amide bonds. The summed E-state index contributed by atoms with van der Waals surface area (Å²) in [6.07, 6.45) is 1.98. The van der Waals surface area contributed by atoms with E-state index in [1.54, 1.807) is 12.1 Å². The quantitative estimate of drug-likeness (QED) is 0.766. The minimum atomic E-state index is -1.02. The fraction of sp³-hybridized carbons (Fsp3) is 0.455. The van der Waals surface area contributed by atoms with Gasteiger partial charge < -0.3 is 14.8 Å². The predicted octanol–water partition coefficient (Wildman–Crippen LogP) is 1.36. The van der Waals surface area contributed by atoms with Gasteiger partial charge in [0.2, 0.25) is 5.91 Å². The molecule has 0 fully saturated rings. The highest BCUT2D eigenvalue weighted by atomic mass is 16.4. The largest absolute Gasteiger partial charge is 0.481 e. The van der Waals surface area contributed by atoms with E-state index in [0.717, 1.165) is 6.42 Å². The van der Waals surface area contributed by atoms with Crippen molar-refractivity contribution in [2.45, 2.75) is 25.7 Å². The van der Waals surface area contributed by atoms with E-state index in [9.17, 15) is 9.59 Å².